The Labute approximate surface area is 58.6 Å². The number of aliphatic carboxylic acids is 1. The number of rotatable bonds is 4. The summed E-state index contributed by atoms with van der Waals surface area (Å²) in [6, 6.07) is -0.683. The van der Waals surface area contributed by atoms with Gasteiger partial charge in [-0.2, -0.15) is 11.8 Å². The molecule has 0 aromatic rings. The van der Waals surface area contributed by atoms with Crippen LogP contribution in [-0.2, 0) is 4.79 Å². The van der Waals surface area contributed by atoms with E-state index >= 15 is 0 Å². The minimum atomic E-state index is -0.913. The molecule has 0 aliphatic heterocycles. The predicted molar refractivity (Wildman–Crippen MR) is 38.6 cm³/mol. The van der Waals surface area contributed by atoms with E-state index in [0.29, 0.717) is 6.42 Å². The minimum absolute atomic E-state index is 0.552. The smallest absolute Gasteiger partial charge is 0.320 e. The van der Waals surface area contributed by atoms with Crippen LogP contribution in [-0.4, -0.2) is 29.1 Å². The lowest BCUT2D eigenvalue weighted by Gasteiger charge is -2.02. The van der Waals surface area contributed by atoms with Crippen molar-refractivity contribution in [2.75, 3.05) is 12.0 Å². The summed E-state index contributed by atoms with van der Waals surface area (Å²) in [5.74, 6) is -0.1000. The highest BCUT2D eigenvalue weighted by molar-refractivity contribution is 7.98. The van der Waals surface area contributed by atoms with Crippen LogP contribution in [0.1, 0.15) is 6.42 Å². The fourth-order valence-corrected chi connectivity index (χ4v) is 0.858. The topological polar surface area (TPSA) is 63.3 Å². The van der Waals surface area contributed by atoms with Gasteiger partial charge >= 0.3 is 5.97 Å². The van der Waals surface area contributed by atoms with Gasteiger partial charge in [0.2, 0.25) is 0 Å². The summed E-state index contributed by atoms with van der Waals surface area (Å²) < 4.78 is 0. The molecule has 0 saturated carbocycles. The number of hydrogen-bond donors (Lipinski definition) is 2. The summed E-state index contributed by atoms with van der Waals surface area (Å²) in [5, 5.41) is 8.27. The fourth-order valence-electron chi connectivity index (χ4n) is 0.368. The summed E-state index contributed by atoms with van der Waals surface area (Å²) in [6.45, 7) is 0. The second-order valence-electron chi connectivity index (χ2n) is 1.73. The summed E-state index contributed by atoms with van der Waals surface area (Å²) in [4.78, 5) is 10.1. The molecule has 0 aromatic carbocycles. The van der Waals surface area contributed by atoms with Crippen LogP contribution in [0.25, 0.3) is 0 Å². The monoisotopic (exact) mass is 154 g/mol. The number of carbonyl (C=O) groups is 1. The van der Waals surface area contributed by atoms with Gasteiger partial charge in [0.15, 0.2) is 0 Å². The maximum atomic E-state index is 10.1. The van der Waals surface area contributed by atoms with Gasteiger partial charge in [0.1, 0.15) is 6.04 Å². The zero-order valence-corrected chi connectivity index (χ0v) is 6.15. The van der Waals surface area contributed by atoms with E-state index in [9.17, 15) is 4.79 Å². The van der Waals surface area contributed by atoms with Crippen LogP contribution in [0.5, 0.6) is 0 Å². The fraction of sp³-hybridized carbons (Fsp3) is 0.800. The van der Waals surface area contributed by atoms with Crippen molar-refractivity contribution in [3.05, 3.63) is 0 Å². The number of carboxylic acid groups (broad SMARTS) is 1. The van der Waals surface area contributed by atoms with Crippen molar-refractivity contribution in [2.45, 2.75) is 12.5 Å². The van der Waals surface area contributed by atoms with Crippen LogP contribution >= 0.6 is 11.8 Å². The molecular weight excluding hydrogens is 143 g/mol. The van der Waals surface area contributed by atoms with Gasteiger partial charge in [-0.15, -0.1) is 0 Å². The molecule has 9 heavy (non-hydrogen) atoms. The second kappa shape index (κ2) is 4.64. The number of nitrogens with two attached hydrogens (primary N) is 1. The molecule has 0 bridgehead atoms. The molecule has 3 N–H and O–H groups in total. The molecule has 1 atom stereocenters. The van der Waals surface area contributed by atoms with E-state index in [2.05, 4.69) is 0 Å². The summed E-state index contributed by atoms with van der Waals surface area (Å²) in [7, 11) is 0. The lowest BCUT2D eigenvalue weighted by Crippen LogP contribution is -2.30. The molecule has 0 unspecified atom stereocenters. The molecule has 0 aromatic heterocycles. The van der Waals surface area contributed by atoms with Crippen LogP contribution in [0.4, 0.5) is 0 Å². The van der Waals surface area contributed by atoms with Gasteiger partial charge in [0.25, 0.3) is 0 Å². The standard InChI is InChI=1S/C5H11NO2S/c1-9-3-2-4(6)5(7)8/h4H,2-3,6H2,1H3,(H,7,8)/t4-/m0/s1/i1+1,2+1,3+1,4+1,5+1. The third-order valence-corrected chi connectivity index (χ3v) is 1.59. The maximum absolute atomic E-state index is 10.1. The van der Waals surface area contributed by atoms with Gasteiger partial charge in [-0.3, -0.25) is 4.79 Å². The Morgan fingerprint density at radius 3 is 2.78 bits per heavy atom. The van der Waals surface area contributed by atoms with E-state index in [0.717, 1.165) is 5.75 Å². The maximum Gasteiger partial charge on any atom is 0.320 e. The molecule has 0 spiro atoms. The Bertz CT molecular complexity index is 97.0. The molecule has 3 nitrogen and oxygen atoms in total. The molecular formula is C5H11NO2S. The van der Waals surface area contributed by atoms with Crippen molar-refractivity contribution in [1.82, 2.24) is 0 Å². The molecule has 0 fully saturated rings. The average molecular weight is 154 g/mol. The first-order valence-corrected chi connectivity index (χ1v) is 4.05. The van der Waals surface area contributed by atoms with E-state index in [1.165, 1.54) is 0 Å². The van der Waals surface area contributed by atoms with Crippen LogP contribution in [0.15, 0.2) is 0 Å². The SMILES string of the molecule is [13CH3]S[13CH2][13CH2][13C@H](N)[13C](=O)O. The van der Waals surface area contributed by atoms with Gasteiger partial charge < -0.3 is 10.8 Å². The largest absolute Gasteiger partial charge is 0.480 e. The Morgan fingerprint density at radius 1 is 1.89 bits per heavy atom. The molecule has 54 valence electrons. The zero-order valence-electron chi connectivity index (χ0n) is 5.33. The predicted octanol–water partition coefficient (Wildman–Crippen LogP) is 0.151. The Balaban J connectivity index is 3.27. The minimum Gasteiger partial charge on any atom is -0.480 e. The van der Waals surface area contributed by atoms with Crippen LogP contribution in [0.2, 0.25) is 0 Å². The van der Waals surface area contributed by atoms with E-state index in [-0.39, 0.29) is 0 Å². The van der Waals surface area contributed by atoms with Crippen molar-refractivity contribution >= 4 is 17.7 Å². The van der Waals surface area contributed by atoms with Crippen LogP contribution < -0.4 is 5.73 Å². The third kappa shape index (κ3) is 4.29. The third-order valence-electron chi connectivity index (χ3n) is 0.950. The molecule has 0 aliphatic rings. The highest BCUT2D eigenvalue weighted by Gasteiger charge is 2.08. The molecule has 0 rings (SSSR count). The average Bonchev–Trinajstić information content (AvgIpc) is 1.82. The number of hydrogen-bond acceptors (Lipinski definition) is 3. The molecule has 0 aliphatic carbocycles. The molecule has 0 radical (unpaired) electrons. The summed E-state index contributed by atoms with van der Waals surface area (Å²) in [6.07, 6.45) is 2.48. The number of thioether (sulfide) groups is 1. The van der Waals surface area contributed by atoms with E-state index in [1.54, 1.807) is 11.8 Å². The zero-order chi connectivity index (χ0) is 7.28. The summed E-state index contributed by atoms with van der Waals surface area (Å²) in [5.41, 5.74) is 5.19. The van der Waals surface area contributed by atoms with Crippen molar-refractivity contribution in [3.63, 3.8) is 0 Å². The quantitative estimate of drug-likeness (QED) is 0.566. The Kier molecular flexibility index (Phi) is 4.53. The van der Waals surface area contributed by atoms with E-state index < -0.39 is 12.0 Å². The normalized spacial score (nSPS) is 13.1. The van der Waals surface area contributed by atoms with Gasteiger partial charge in [-0.05, 0) is 18.4 Å². The Morgan fingerprint density at radius 2 is 2.44 bits per heavy atom. The first-order chi connectivity index (χ1) is 4.18. The van der Waals surface area contributed by atoms with Gasteiger partial charge in [-0.25, -0.2) is 0 Å². The number of carboxylic acids is 1. The summed E-state index contributed by atoms with van der Waals surface area (Å²) >= 11 is 1.60. The van der Waals surface area contributed by atoms with Crippen molar-refractivity contribution in [1.29, 1.82) is 0 Å². The first kappa shape index (κ1) is 8.78. The highest BCUT2D eigenvalue weighted by Crippen LogP contribution is 1.97. The van der Waals surface area contributed by atoms with Crippen LogP contribution in [0, 0.1) is 0 Å². The van der Waals surface area contributed by atoms with Crippen molar-refractivity contribution < 1.29 is 9.90 Å². The lowest BCUT2D eigenvalue weighted by atomic mass is 11.2. The van der Waals surface area contributed by atoms with Crippen molar-refractivity contribution in [2.24, 2.45) is 5.73 Å². The lowest BCUT2D eigenvalue weighted by molar-refractivity contribution is -0.138. The molecule has 0 amide bonds. The Hall–Kier alpha value is -0.220. The van der Waals surface area contributed by atoms with E-state index in [1.807, 2.05) is 6.26 Å². The van der Waals surface area contributed by atoms with Crippen LogP contribution in [0.3, 0.4) is 0 Å². The molecule has 0 heterocycles. The second-order valence-corrected chi connectivity index (χ2v) is 2.71. The van der Waals surface area contributed by atoms with Gasteiger partial charge in [-0.1, -0.05) is 0 Å². The molecule has 4 heteroatoms. The molecule has 0 saturated heterocycles. The van der Waals surface area contributed by atoms with Gasteiger partial charge in [0, 0.05) is 0 Å². The van der Waals surface area contributed by atoms with Crippen molar-refractivity contribution in [3.8, 4) is 0 Å². The van der Waals surface area contributed by atoms with E-state index in [4.69, 9.17) is 10.8 Å². The van der Waals surface area contributed by atoms with Gasteiger partial charge in [0.05, 0.1) is 0 Å². The highest BCUT2D eigenvalue weighted by atomic mass is 32.2. The first-order valence-electron chi connectivity index (χ1n) is 2.65.